The molecule has 1 amide bonds. The third kappa shape index (κ3) is 5.61. The molecule has 0 radical (unpaired) electrons. The molecule has 0 spiro atoms. The van der Waals surface area contributed by atoms with Gasteiger partial charge < -0.3 is 9.47 Å². The zero-order valence-corrected chi connectivity index (χ0v) is 17.0. The number of hydrogen-bond acceptors (Lipinski definition) is 5. The predicted octanol–water partition coefficient (Wildman–Crippen LogP) is 4.33. The Morgan fingerprint density at radius 1 is 1.21 bits per heavy atom. The Morgan fingerprint density at radius 3 is 2.69 bits per heavy atom. The molecule has 0 atom stereocenters. The molecule has 1 N–H and O–H groups in total. The third-order valence-corrected chi connectivity index (χ3v) is 4.54. The molecule has 0 fully saturated rings. The van der Waals surface area contributed by atoms with E-state index in [1.54, 1.807) is 42.5 Å². The monoisotopic (exact) mass is 457 g/mol. The number of aromatic nitrogens is 1. The van der Waals surface area contributed by atoms with Gasteiger partial charge in [-0.25, -0.2) is 9.82 Å². The summed E-state index contributed by atoms with van der Waals surface area (Å²) in [5, 5.41) is 3.96. The minimum atomic E-state index is -0.413. The lowest BCUT2D eigenvalue weighted by molar-refractivity contribution is 0.0950. The van der Waals surface area contributed by atoms with Gasteiger partial charge in [0.2, 0.25) is 0 Å². The van der Waals surface area contributed by atoms with Gasteiger partial charge in [0, 0.05) is 16.2 Å². The Bertz CT molecular complexity index is 1010. The number of rotatable bonds is 7. The normalized spacial score (nSPS) is 10.7. The lowest BCUT2D eigenvalue weighted by Gasteiger charge is -2.12. The summed E-state index contributed by atoms with van der Waals surface area (Å²) in [5.74, 6) is 0.295. The third-order valence-electron chi connectivity index (χ3n) is 3.86. The summed E-state index contributed by atoms with van der Waals surface area (Å²) >= 11 is 3.46. The molecule has 2 aromatic carbocycles. The average molecular weight is 458 g/mol. The van der Waals surface area contributed by atoms with Crippen LogP contribution in [0.5, 0.6) is 11.5 Å². The highest BCUT2D eigenvalue weighted by Crippen LogP contribution is 2.33. The maximum Gasteiger partial charge on any atom is 0.289 e. The zero-order valence-electron chi connectivity index (χ0n) is 15.4. The average Bonchev–Trinajstić information content (AvgIpc) is 2.75. The molecular formula is C21H17BrFN3O3. The van der Waals surface area contributed by atoms with Gasteiger partial charge in [0.15, 0.2) is 11.5 Å². The fraction of sp³-hybridized carbons (Fsp3) is 0.0952. The van der Waals surface area contributed by atoms with Gasteiger partial charge in [0.05, 0.1) is 13.3 Å². The summed E-state index contributed by atoms with van der Waals surface area (Å²) in [5.41, 5.74) is 4.20. The van der Waals surface area contributed by atoms with Crippen LogP contribution in [0.3, 0.4) is 0 Å². The summed E-state index contributed by atoms with van der Waals surface area (Å²) in [6, 6.07) is 14.6. The smallest absolute Gasteiger partial charge is 0.289 e. The maximum atomic E-state index is 13.0. The van der Waals surface area contributed by atoms with Crippen LogP contribution >= 0.6 is 15.9 Å². The van der Waals surface area contributed by atoms with E-state index in [4.69, 9.17) is 9.47 Å². The van der Waals surface area contributed by atoms with E-state index >= 15 is 0 Å². The summed E-state index contributed by atoms with van der Waals surface area (Å²) < 4.78 is 24.9. The molecule has 148 valence electrons. The highest BCUT2D eigenvalue weighted by Gasteiger charge is 2.10. The molecular weight excluding hydrogens is 441 g/mol. The highest BCUT2D eigenvalue weighted by molar-refractivity contribution is 9.10. The first-order chi connectivity index (χ1) is 14.1. The number of ether oxygens (including phenoxy) is 2. The molecule has 0 saturated heterocycles. The van der Waals surface area contributed by atoms with Crippen LogP contribution in [0.4, 0.5) is 4.39 Å². The van der Waals surface area contributed by atoms with Gasteiger partial charge in [-0.3, -0.25) is 9.78 Å². The molecule has 8 heteroatoms. The molecule has 3 rings (SSSR count). The second-order valence-corrected chi connectivity index (χ2v) is 6.71. The van der Waals surface area contributed by atoms with E-state index in [-0.39, 0.29) is 18.1 Å². The van der Waals surface area contributed by atoms with E-state index in [0.717, 1.165) is 5.56 Å². The minimum Gasteiger partial charge on any atom is -0.493 e. The molecule has 1 aromatic heterocycles. The van der Waals surface area contributed by atoms with Crippen molar-refractivity contribution in [1.82, 2.24) is 10.4 Å². The summed E-state index contributed by atoms with van der Waals surface area (Å²) in [6.07, 6.45) is 3.02. The van der Waals surface area contributed by atoms with Gasteiger partial charge in [-0.05, 0) is 57.9 Å². The molecule has 3 aromatic rings. The largest absolute Gasteiger partial charge is 0.493 e. The molecule has 0 saturated carbocycles. The molecule has 0 aliphatic carbocycles. The molecule has 6 nitrogen and oxygen atoms in total. The summed E-state index contributed by atoms with van der Waals surface area (Å²) in [6.45, 7) is 0.261. The van der Waals surface area contributed by atoms with Crippen LogP contribution in [0.2, 0.25) is 0 Å². The van der Waals surface area contributed by atoms with Crippen molar-refractivity contribution < 1.29 is 18.7 Å². The first-order valence-corrected chi connectivity index (χ1v) is 9.35. The van der Waals surface area contributed by atoms with Gasteiger partial charge in [0.25, 0.3) is 5.91 Å². The van der Waals surface area contributed by atoms with Gasteiger partial charge in [-0.1, -0.05) is 18.2 Å². The fourth-order valence-corrected chi connectivity index (χ4v) is 2.80. The molecule has 0 aliphatic rings. The SMILES string of the molecule is COc1cc(/C=N/NC(=O)c2ccccn2)c(Br)cc1OCc1ccc(F)cc1. The number of hydrogen-bond donors (Lipinski definition) is 1. The van der Waals surface area contributed by atoms with Gasteiger partial charge in [-0.15, -0.1) is 0 Å². The van der Waals surface area contributed by atoms with Gasteiger partial charge in [0.1, 0.15) is 18.1 Å². The van der Waals surface area contributed by atoms with Crippen LogP contribution in [0.1, 0.15) is 21.6 Å². The number of hydrazone groups is 1. The second-order valence-electron chi connectivity index (χ2n) is 5.85. The van der Waals surface area contributed by atoms with Crippen molar-refractivity contribution in [2.75, 3.05) is 7.11 Å². The van der Waals surface area contributed by atoms with Crippen LogP contribution in [-0.4, -0.2) is 24.2 Å². The van der Waals surface area contributed by atoms with E-state index in [1.165, 1.54) is 31.7 Å². The number of nitrogens with one attached hydrogen (secondary N) is 1. The highest BCUT2D eigenvalue weighted by atomic mass is 79.9. The number of amides is 1. The van der Waals surface area contributed by atoms with Gasteiger partial charge >= 0.3 is 0 Å². The number of pyridine rings is 1. The number of nitrogens with zero attached hydrogens (tertiary/aromatic N) is 2. The Hall–Kier alpha value is -3.26. The molecule has 29 heavy (non-hydrogen) atoms. The van der Waals surface area contributed by atoms with Crippen LogP contribution in [0, 0.1) is 5.82 Å². The maximum absolute atomic E-state index is 13.0. The Labute approximate surface area is 175 Å². The van der Waals surface area contributed by atoms with E-state index in [0.29, 0.717) is 21.5 Å². The van der Waals surface area contributed by atoms with Crippen LogP contribution in [0.15, 0.2) is 70.4 Å². The summed E-state index contributed by atoms with van der Waals surface area (Å²) in [4.78, 5) is 15.9. The minimum absolute atomic E-state index is 0.261. The Kier molecular flexibility index (Phi) is 6.91. The van der Waals surface area contributed by atoms with Crippen LogP contribution in [0.25, 0.3) is 0 Å². The molecule has 0 aliphatic heterocycles. The van der Waals surface area contributed by atoms with Crippen molar-refractivity contribution in [3.63, 3.8) is 0 Å². The Balaban J connectivity index is 1.68. The van der Waals surface area contributed by atoms with E-state index in [2.05, 4.69) is 31.4 Å². The van der Waals surface area contributed by atoms with Crippen LogP contribution in [-0.2, 0) is 6.61 Å². The fourth-order valence-electron chi connectivity index (χ4n) is 2.38. The lowest BCUT2D eigenvalue weighted by atomic mass is 10.2. The predicted molar refractivity (Wildman–Crippen MR) is 111 cm³/mol. The number of halogens is 2. The molecule has 0 bridgehead atoms. The number of benzene rings is 2. The molecule has 0 unspecified atom stereocenters. The topological polar surface area (TPSA) is 72.8 Å². The Morgan fingerprint density at radius 2 is 2.00 bits per heavy atom. The van der Waals surface area contributed by atoms with Crippen molar-refractivity contribution in [2.45, 2.75) is 6.61 Å². The van der Waals surface area contributed by atoms with Crippen molar-refractivity contribution in [2.24, 2.45) is 5.10 Å². The van der Waals surface area contributed by atoms with E-state index in [1.807, 2.05) is 0 Å². The van der Waals surface area contributed by atoms with Gasteiger partial charge in [-0.2, -0.15) is 5.10 Å². The van der Waals surface area contributed by atoms with Crippen molar-refractivity contribution in [3.8, 4) is 11.5 Å². The van der Waals surface area contributed by atoms with Crippen molar-refractivity contribution in [1.29, 1.82) is 0 Å². The van der Waals surface area contributed by atoms with E-state index in [9.17, 15) is 9.18 Å². The lowest BCUT2D eigenvalue weighted by Crippen LogP contribution is -2.18. The first kappa shape index (κ1) is 20.5. The second kappa shape index (κ2) is 9.79. The number of methoxy groups -OCH3 is 1. The number of carbonyl (C=O) groups excluding carboxylic acids is 1. The standard InChI is InChI=1S/C21H17BrFN3O3/c1-28-19-10-15(12-25-26-21(27)18-4-2-3-9-24-18)17(22)11-20(19)29-13-14-5-7-16(23)8-6-14/h2-12H,13H2,1H3,(H,26,27)/b25-12+. The van der Waals surface area contributed by atoms with E-state index < -0.39 is 5.91 Å². The first-order valence-electron chi connectivity index (χ1n) is 8.56. The van der Waals surface area contributed by atoms with Crippen molar-refractivity contribution in [3.05, 3.63) is 87.9 Å². The van der Waals surface area contributed by atoms with Crippen molar-refractivity contribution >= 4 is 28.1 Å². The zero-order chi connectivity index (χ0) is 20.6. The summed E-state index contributed by atoms with van der Waals surface area (Å²) in [7, 11) is 1.53. The molecule has 1 heterocycles. The number of carbonyl (C=O) groups is 1. The van der Waals surface area contributed by atoms with Crippen LogP contribution < -0.4 is 14.9 Å². The quantitative estimate of drug-likeness (QED) is 0.423.